The summed E-state index contributed by atoms with van der Waals surface area (Å²) in [5.41, 5.74) is 0.245. The Kier molecular flexibility index (Phi) is 5.46. The molecule has 29 heavy (non-hydrogen) atoms. The van der Waals surface area contributed by atoms with E-state index >= 15 is 0 Å². The third-order valence-corrected chi connectivity index (χ3v) is 4.94. The Hall–Kier alpha value is -3.16. The standard InChI is InChI=1S/C21H24FN3O4/c1-11(2)10-29-20(27)15-12(3)23-18-17(19(26)25(5)21(28)24(18)4)16(15)13-7-6-8-14(22)9-13/h6-9,11,16,23H,10H2,1-5H3. The summed E-state index contributed by atoms with van der Waals surface area (Å²) in [5.74, 6) is -1.53. The number of esters is 1. The largest absolute Gasteiger partial charge is 0.462 e. The summed E-state index contributed by atoms with van der Waals surface area (Å²) in [5, 5.41) is 3.00. The van der Waals surface area contributed by atoms with Crippen molar-refractivity contribution >= 4 is 11.8 Å². The maximum atomic E-state index is 14.0. The van der Waals surface area contributed by atoms with Crippen LogP contribution in [0.3, 0.4) is 0 Å². The predicted octanol–water partition coefficient (Wildman–Crippen LogP) is 2.25. The van der Waals surface area contributed by atoms with E-state index in [4.69, 9.17) is 4.74 Å². The molecule has 8 heteroatoms. The number of hydrogen-bond donors (Lipinski definition) is 1. The summed E-state index contributed by atoms with van der Waals surface area (Å²) in [6.45, 7) is 5.71. The molecule has 1 aromatic carbocycles. The highest BCUT2D eigenvalue weighted by molar-refractivity contribution is 5.94. The van der Waals surface area contributed by atoms with Gasteiger partial charge in [0.1, 0.15) is 11.6 Å². The van der Waals surface area contributed by atoms with E-state index in [0.29, 0.717) is 11.3 Å². The molecule has 1 aliphatic heterocycles. The number of allylic oxidation sites excluding steroid dienone is 1. The fraction of sp³-hybridized carbons (Fsp3) is 0.381. The number of nitrogens with zero attached hydrogens (tertiary/aromatic N) is 2. The summed E-state index contributed by atoms with van der Waals surface area (Å²) in [7, 11) is 2.90. The monoisotopic (exact) mass is 401 g/mol. The molecule has 1 aromatic heterocycles. The summed E-state index contributed by atoms with van der Waals surface area (Å²) in [6, 6.07) is 5.74. The van der Waals surface area contributed by atoms with Crippen molar-refractivity contribution in [2.24, 2.45) is 20.0 Å². The van der Waals surface area contributed by atoms with Gasteiger partial charge in [-0.1, -0.05) is 26.0 Å². The van der Waals surface area contributed by atoms with E-state index in [1.165, 1.54) is 36.9 Å². The number of ether oxygens (including phenoxy) is 1. The summed E-state index contributed by atoms with van der Waals surface area (Å²) in [4.78, 5) is 38.4. The highest BCUT2D eigenvalue weighted by Gasteiger charge is 2.37. The Bertz CT molecular complexity index is 1130. The molecule has 0 bridgehead atoms. The molecule has 0 aliphatic carbocycles. The van der Waals surface area contributed by atoms with E-state index in [9.17, 15) is 18.8 Å². The maximum Gasteiger partial charge on any atom is 0.336 e. The quantitative estimate of drug-likeness (QED) is 0.795. The van der Waals surface area contributed by atoms with Crippen molar-refractivity contribution in [3.8, 4) is 0 Å². The second kappa shape index (κ2) is 7.69. The van der Waals surface area contributed by atoms with Crippen LogP contribution in [0.4, 0.5) is 10.2 Å². The Labute approximate surface area is 167 Å². The number of carbonyl (C=O) groups is 1. The van der Waals surface area contributed by atoms with Crippen LogP contribution in [0.25, 0.3) is 0 Å². The molecule has 0 spiro atoms. The van der Waals surface area contributed by atoms with E-state index in [-0.39, 0.29) is 29.5 Å². The molecule has 0 saturated carbocycles. The van der Waals surface area contributed by atoms with Crippen molar-refractivity contribution in [2.45, 2.75) is 26.7 Å². The first-order chi connectivity index (χ1) is 13.6. The van der Waals surface area contributed by atoms with Crippen molar-refractivity contribution in [2.75, 3.05) is 11.9 Å². The van der Waals surface area contributed by atoms with Gasteiger partial charge in [0.05, 0.1) is 23.7 Å². The lowest BCUT2D eigenvalue weighted by Gasteiger charge is -2.31. The van der Waals surface area contributed by atoms with Crippen LogP contribution in [-0.2, 0) is 23.6 Å². The van der Waals surface area contributed by atoms with Crippen LogP contribution < -0.4 is 16.6 Å². The maximum absolute atomic E-state index is 14.0. The third kappa shape index (κ3) is 3.62. The van der Waals surface area contributed by atoms with Crippen LogP contribution in [0.5, 0.6) is 0 Å². The lowest BCUT2D eigenvalue weighted by molar-refractivity contribution is -0.140. The van der Waals surface area contributed by atoms with E-state index in [1.54, 1.807) is 13.0 Å². The molecular formula is C21H24FN3O4. The highest BCUT2D eigenvalue weighted by atomic mass is 19.1. The number of hydrogen-bond acceptors (Lipinski definition) is 5. The molecule has 3 rings (SSSR count). The van der Waals surface area contributed by atoms with Crippen LogP contribution in [0.1, 0.15) is 37.8 Å². The molecule has 1 unspecified atom stereocenters. The number of anilines is 1. The topological polar surface area (TPSA) is 82.3 Å². The Morgan fingerprint density at radius 1 is 1.24 bits per heavy atom. The van der Waals surface area contributed by atoms with Gasteiger partial charge in [0.2, 0.25) is 0 Å². The highest BCUT2D eigenvalue weighted by Crippen LogP contribution is 2.40. The zero-order chi connectivity index (χ0) is 21.5. The number of carbonyl (C=O) groups excluding carboxylic acids is 1. The van der Waals surface area contributed by atoms with Crippen molar-refractivity contribution in [1.82, 2.24) is 9.13 Å². The Morgan fingerprint density at radius 3 is 2.55 bits per heavy atom. The smallest absolute Gasteiger partial charge is 0.336 e. The molecule has 1 aliphatic rings. The van der Waals surface area contributed by atoms with Crippen LogP contribution >= 0.6 is 0 Å². The molecule has 7 nitrogen and oxygen atoms in total. The number of nitrogens with one attached hydrogen (secondary N) is 1. The zero-order valence-electron chi connectivity index (χ0n) is 17.1. The second-order valence-corrected chi connectivity index (χ2v) is 7.61. The molecule has 0 amide bonds. The average molecular weight is 401 g/mol. The van der Waals surface area contributed by atoms with Crippen molar-refractivity contribution in [1.29, 1.82) is 0 Å². The number of aromatic nitrogens is 2. The fourth-order valence-corrected chi connectivity index (χ4v) is 3.50. The van der Waals surface area contributed by atoms with E-state index < -0.39 is 29.0 Å². The Morgan fingerprint density at radius 2 is 1.93 bits per heavy atom. The van der Waals surface area contributed by atoms with Crippen molar-refractivity contribution < 1.29 is 13.9 Å². The van der Waals surface area contributed by atoms with Gasteiger partial charge in [-0.05, 0) is 30.5 Å². The van der Waals surface area contributed by atoms with Crippen molar-refractivity contribution in [3.63, 3.8) is 0 Å². The lowest BCUT2D eigenvalue weighted by atomic mass is 9.82. The SMILES string of the molecule is CC1=C(C(=O)OCC(C)C)C(c2cccc(F)c2)c2c(n(C)c(=O)n(C)c2=O)N1. The average Bonchev–Trinajstić information content (AvgIpc) is 2.67. The zero-order valence-corrected chi connectivity index (χ0v) is 17.1. The Balaban J connectivity index is 2.30. The molecule has 0 radical (unpaired) electrons. The van der Waals surface area contributed by atoms with E-state index in [2.05, 4.69) is 5.32 Å². The number of fused-ring (bicyclic) bond motifs is 1. The van der Waals surface area contributed by atoms with Gasteiger partial charge in [0.25, 0.3) is 5.56 Å². The minimum atomic E-state index is -0.868. The minimum absolute atomic E-state index is 0.130. The molecular weight excluding hydrogens is 377 g/mol. The summed E-state index contributed by atoms with van der Waals surface area (Å²) in [6.07, 6.45) is 0. The van der Waals surface area contributed by atoms with Gasteiger partial charge in [-0.15, -0.1) is 0 Å². The molecule has 0 fully saturated rings. The third-order valence-electron chi connectivity index (χ3n) is 4.94. The van der Waals surface area contributed by atoms with Gasteiger partial charge < -0.3 is 10.1 Å². The van der Waals surface area contributed by atoms with Crippen LogP contribution in [0.2, 0.25) is 0 Å². The van der Waals surface area contributed by atoms with Crippen LogP contribution in [-0.4, -0.2) is 21.7 Å². The number of benzene rings is 1. The fourth-order valence-electron chi connectivity index (χ4n) is 3.50. The van der Waals surface area contributed by atoms with Gasteiger partial charge in [0, 0.05) is 19.8 Å². The first kappa shape index (κ1) is 20.6. The van der Waals surface area contributed by atoms with E-state index in [1.807, 2.05) is 13.8 Å². The molecule has 0 saturated heterocycles. The van der Waals surface area contributed by atoms with Gasteiger partial charge in [-0.25, -0.2) is 14.0 Å². The molecule has 2 aromatic rings. The van der Waals surface area contributed by atoms with Gasteiger partial charge in [0.15, 0.2) is 0 Å². The normalized spacial score (nSPS) is 15.9. The summed E-state index contributed by atoms with van der Waals surface area (Å²) < 4.78 is 21.7. The lowest BCUT2D eigenvalue weighted by Crippen LogP contribution is -2.43. The number of rotatable bonds is 4. The van der Waals surface area contributed by atoms with E-state index in [0.717, 1.165) is 4.57 Å². The van der Waals surface area contributed by atoms with Gasteiger partial charge >= 0.3 is 11.7 Å². The van der Waals surface area contributed by atoms with Crippen LogP contribution in [0, 0.1) is 11.7 Å². The minimum Gasteiger partial charge on any atom is -0.462 e. The molecule has 2 heterocycles. The van der Waals surface area contributed by atoms with Gasteiger partial charge in [-0.3, -0.25) is 13.9 Å². The second-order valence-electron chi connectivity index (χ2n) is 7.61. The first-order valence-corrected chi connectivity index (χ1v) is 9.33. The number of halogens is 1. The van der Waals surface area contributed by atoms with Gasteiger partial charge in [-0.2, -0.15) is 0 Å². The predicted molar refractivity (Wildman–Crippen MR) is 107 cm³/mol. The van der Waals surface area contributed by atoms with Crippen LogP contribution in [0.15, 0.2) is 45.1 Å². The first-order valence-electron chi connectivity index (χ1n) is 9.33. The molecule has 1 N–H and O–H groups in total. The molecule has 154 valence electrons. The summed E-state index contributed by atoms with van der Waals surface area (Å²) >= 11 is 0. The molecule has 1 atom stereocenters. The van der Waals surface area contributed by atoms with Crippen molar-refractivity contribution in [3.05, 3.63) is 73.3 Å².